The van der Waals surface area contributed by atoms with Crippen molar-refractivity contribution in [2.24, 2.45) is 0 Å². The molecule has 1 aliphatic heterocycles. The van der Waals surface area contributed by atoms with Crippen LogP contribution in [0.3, 0.4) is 0 Å². The monoisotopic (exact) mass is 364 g/mol. The number of amides is 1. The minimum absolute atomic E-state index is 0.0759. The van der Waals surface area contributed by atoms with E-state index in [1.165, 1.54) is 0 Å². The number of hydrogen-bond donors (Lipinski definition) is 5. The van der Waals surface area contributed by atoms with E-state index in [0.717, 1.165) is 6.29 Å². The number of nitrogens with one attached hydrogen (secondary N) is 2. The zero-order valence-corrected chi connectivity index (χ0v) is 14.3. The molecule has 0 aliphatic carbocycles. The molecule has 25 heavy (non-hydrogen) atoms. The number of carbonyl (C=O) groups is 2. The molecule has 1 saturated heterocycles. The number of ether oxygens (including phenoxy) is 3. The zero-order valence-electron chi connectivity index (χ0n) is 14.3. The van der Waals surface area contributed by atoms with Crippen LogP contribution in [-0.4, -0.2) is 91.8 Å². The number of aliphatic hydroxyl groups excluding tert-OH is 2. The van der Waals surface area contributed by atoms with E-state index in [1.807, 2.05) is 0 Å². The number of carbonyl (C=O) groups excluding carboxylic acids is 2. The Balaban J connectivity index is 2.08. The lowest BCUT2D eigenvalue weighted by Gasteiger charge is -2.38. The average Bonchev–Trinajstić information content (AvgIpc) is 2.58. The van der Waals surface area contributed by atoms with Crippen LogP contribution in [0.1, 0.15) is 19.3 Å². The average molecular weight is 364 g/mol. The predicted molar refractivity (Wildman–Crippen MR) is 85.5 cm³/mol. The van der Waals surface area contributed by atoms with E-state index in [4.69, 9.17) is 19.3 Å². The molecule has 4 atom stereocenters. The van der Waals surface area contributed by atoms with Gasteiger partial charge in [0.05, 0.1) is 38.6 Å². The van der Waals surface area contributed by atoms with E-state index in [-0.39, 0.29) is 51.5 Å². The molecule has 0 aromatic rings. The Morgan fingerprint density at radius 1 is 1.44 bits per heavy atom. The third kappa shape index (κ3) is 8.68. The van der Waals surface area contributed by atoms with Gasteiger partial charge in [-0.1, -0.05) is 0 Å². The third-order valence-corrected chi connectivity index (χ3v) is 3.68. The van der Waals surface area contributed by atoms with Crippen LogP contribution in [0.5, 0.6) is 0 Å². The van der Waals surface area contributed by atoms with Crippen LogP contribution in [0.15, 0.2) is 0 Å². The van der Waals surface area contributed by atoms with Gasteiger partial charge in [-0.05, 0) is 7.05 Å². The highest BCUT2D eigenvalue weighted by Gasteiger charge is 2.39. The number of aldehydes is 1. The topological polar surface area (TPSA) is 147 Å². The van der Waals surface area contributed by atoms with Gasteiger partial charge in [0.1, 0.15) is 6.29 Å². The lowest BCUT2D eigenvalue weighted by atomic mass is 10.0. The van der Waals surface area contributed by atoms with Gasteiger partial charge in [-0.3, -0.25) is 4.79 Å². The van der Waals surface area contributed by atoms with Crippen LogP contribution < -0.4 is 10.6 Å². The van der Waals surface area contributed by atoms with Crippen molar-refractivity contribution in [3.05, 3.63) is 0 Å². The van der Waals surface area contributed by atoms with Crippen molar-refractivity contribution in [1.29, 1.82) is 0 Å². The first-order valence-corrected chi connectivity index (χ1v) is 8.20. The predicted octanol–water partition coefficient (Wildman–Crippen LogP) is -2.51. The van der Waals surface area contributed by atoms with E-state index in [2.05, 4.69) is 10.6 Å². The molecular weight excluding hydrogens is 336 g/mol. The van der Waals surface area contributed by atoms with E-state index < -0.39 is 30.8 Å². The summed E-state index contributed by atoms with van der Waals surface area (Å²) in [5, 5.41) is 33.9. The molecule has 1 heterocycles. The van der Waals surface area contributed by atoms with Gasteiger partial charge in [0.15, 0.2) is 12.1 Å². The first kappa shape index (κ1) is 21.9. The zero-order chi connectivity index (χ0) is 18.7. The molecule has 1 unspecified atom stereocenters. The van der Waals surface area contributed by atoms with Gasteiger partial charge in [0, 0.05) is 25.8 Å². The fraction of sp³-hybridized carbons (Fsp3) is 0.867. The van der Waals surface area contributed by atoms with Crippen LogP contribution in [0, 0.1) is 0 Å². The number of likely N-dealkylation sites (N-methyl/N-ethyl adjacent to an activating group) is 1. The summed E-state index contributed by atoms with van der Waals surface area (Å²) in [4.78, 5) is 22.1. The molecular formula is C15H28N2O8. The normalized spacial score (nSPS) is 27.7. The molecule has 10 nitrogen and oxygen atoms in total. The molecule has 0 aromatic heterocycles. The molecule has 1 amide bonds. The van der Waals surface area contributed by atoms with E-state index >= 15 is 0 Å². The molecule has 0 radical (unpaired) electrons. The number of aliphatic hydroxyl groups is 3. The van der Waals surface area contributed by atoms with E-state index in [1.54, 1.807) is 7.05 Å². The van der Waals surface area contributed by atoms with Gasteiger partial charge in [-0.2, -0.15) is 0 Å². The highest BCUT2D eigenvalue weighted by molar-refractivity contribution is 5.76. The maximum atomic E-state index is 11.5. The molecule has 0 saturated carbocycles. The van der Waals surface area contributed by atoms with Gasteiger partial charge in [0.25, 0.3) is 0 Å². The Bertz CT molecular complexity index is 411. The highest BCUT2D eigenvalue weighted by Crippen LogP contribution is 2.27. The summed E-state index contributed by atoms with van der Waals surface area (Å²) in [5.41, 5.74) is 0. The summed E-state index contributed by atoms with van der Waals surface area (Å²) >= 11 is 0. The van der Waals surface area contributed by atoms with Crippen molar-refractivity contribution in [3.8, 4) is 0 Å². The Kier molecular flexibility index (Phi) is 10.0. The minimum Gasteiger partial charge on any atom is -0.393 e. The van der Waals surface area contributed by atoms with E-state index in [0.29, 0.717) is 0 Å². The molecule has 0 spiro atoms. The quantitative estimate of drug-likeness (QED) is 0.187. The molecule has 0 aromatic carbocycles. The smallest absolute Gasteiger partial charge is 0.222 e. The maximum absolute atomic E-state index is 11.5. The fourth-order valence-electron chi connectivity index (χ4n) is 2.25. The van der Waals surface area contributed by atoms with Gasteiger partial charge in [-0.25, -0.2) is 0 Å². The van der Waals surface area contributed by atoms with Crippen LogP contribution in [0.2, 0.25) is 0 Å². The molecule has 5 N–H and O–H groups in total. The van der Waals surface area contributed by atoms with Crippen LogP contribution in [0.4, 0.5) is 0 Å². The molecule has 1 aliphatic rings. The van der Waals surface area contributed by atoms with Crippen LogP contribution in [0.25, 0.3) is 0 Å². The summed E-state index contributed by atoms with van der Waals surface area (Å²) in [6.45, 7) is 0.127. The second-order valence-corrected chi connectivity index (χ2v) is 5.81. The Morgan fingerprint density at radius 2 is 2.20 bits per heavy atom. The Hall–Kier alpha value is -1.14. The van der Waals surface area contributed by atoms with Crippen LogP contribution >= 0.6 is 0 Å². The lowest BCUT2D eigenvalue weighted by molar-refractivity contribution is -0.338. The molecule has 146 valence electrons. The van der Waals surface area contributed by atoms with Gasteiger partial charge in [-0.15, -0.1) is 0 Å². The summed E-state index contributed by atoms with van der Waals surface area (Å²) in [6.07, 6.45) is -0.682. The summed E-state index contributed by atoms with van der Waals surface area (Å²) in [6, 6.07) is -0.415. The van der Waals surface area contributed by atoms with Crippen molar-refractivity contribution < 1.29 is 39.1 Å². The Morgan fingerprint density at radius 3 is 2.84 bits per heavy atom. The standard InChI is InChI=1S/C15H28N2O8/c1-16-11(9-18)8-17-13(21)2-3-23-4-5-24-14-6-12(20)7-15(22,10-19)25-14/h9,11-12,14,16,19-20,22H,2-8,10H2,1H3,(H,17,21)/t11-,12+,14-,15?/m0/s1. The second kappa shape index (κ2) is 11.5. The number of rotatable bonds is 12. The van der Waals surface area contributed by atoms with Crippen molar-refractivity contribution in [2.45, 2.75) is 43.5 Å². The van der Waals surface area contributed by atoms with Crippen molar-refractivity contribution in [2.75, 3.05) is 40.0 Å². The van der Waals surface area contributed by atoms with Crippen molar-refractivity contribution >= 4 is 12.2 Å². The minimum atomic E-state index is -1.80. The lowest BCUT2D eigenvalue weighted by Crippen LogP contribution is -2.49. The van der Waals surface area contributed by atoms with Gasteiger partial charge in [0.2, 0.25) is 5.91 Å². The molecule has 1 fully saturated rings. The van der Waals surface area contributed by atoms with Crippen molar-refractivity contribution in [3.63, 3.8) is 0 Å². The maximum Gasteiger partial charge on any atom is 0.222 e. The summed E-state index contributed by atoms with van der Waals surface area (Å²) in [7, 11) is 1.63. The largest absolute Gasteiger partial charge is 0.393 e. The SMILES string of the molecule is CN[C@H](C=O)CNC(=O)CCOCCO[C@@H]1C[C@@H](O)CC(O)(CO)O1. The Labute approximate surface area is 146 Å². The van der Waals surface area contributed by atoms with Gasteiger partial charge < -0.3 is 45.0 Å². The fourth-order valence-corrected chi connectivity index (χ4v) is 2.25. The third-order valence-electron chi connectivity index (χ3n) is 3.68. The summed E-state index contributed by atoms with van der Waals surface area (Å²) < 4.78 is 15.8. The first-order chi connectivity index (χ1) is 11.9. The molecule has 10 heteroatoms. The molecule has 1 rings (SSSR count). The highest BCUT2D eigenvalue weighted by atomic mass is 16.7. The van der Waals surface area contributed by atoms with Gasteiger partial charge >= 0.3 is 0 Å². The second-order valence-electron chi connectivity index (χ2n) is 5.81. The number of hydrogen-bond acceptors (Lipinski definition) is 9. The van der Waals surface area contributed by atoms with Crippen molar-refractivity contribution in [1.82, 2.24) is 10.6 Å². The van der Waals surface area contributed by atoms with E-state index in [9.17, 15) is 19.8 Å². The molecule has 0 bridgehead atoms. The summed E-state index contributed by atoms with van der Waals surface area (Å²) in [5.74, 6) is -2.02. The van der Waals surface area contributed by atoms with Crippen LogP contribution in [-0.2, 0) is 23.8 Å². The first-order valence-electron chi connectivity index (χ1n) is 8.20.